The summed E-state index contributed by atoms with van der Waals surface area (Å²) in [6, 6.07) is 9.60. The quantitative estimate of drug-likeness (QED) is 0.561. The predicted molar refractivity (Wildman–Crippen MR) is 70.8 cm³/mol. The number of allylic oxidation sites excluding steroid dienone is 1. The van der Waals surface area contributed by atoms with E-state index in [1.54, 1.807) is 6.07 Å². The van der Waals surface area contributed by atoms with Crippen molar-refractivity contribution in [3.63, 3.8) is 0 Å². The van der Waals surface area contributed by atoms with Crippen LogP contribution in [0.1, 0.15) is 19.4 Å². The fourth-order valence-corrected chi connectivity index (χ4v) is 2.00. The van der Waals surface area contributed by atoms with Gasteiger partial charge < -0.3 is 16.4 Å². The third-order valence-electron chi connectivity index (χ3n) is 2.95. The van der Waals surface area contributed by atoms with Gasteiger partial charge in [0.25, 0.3) is 0 Å². The van der Waals surface area contributed by atoms with Gasteiger partial charge in [-0.15, -0.1) is 0 Å². The van der Waals surface area contributed by atoms with Crippen LogP contribution in [0.25, 0.3) is 0 Å². The molecule has 92 valence electrons. The van der Waals surface area contributed by atoms with Gasteiger partial charge in [0.05, 0.1) is 5.54 Å². The molecule has 1 aliphatic rings. The van der Waals surface area contributed by atoms with Gasteiger partial charge in [0.1, 0.15) is 17.6 Å². The summed E-state index contributed by atoms with van der Waals surface area (Å²) in [7, 11) is 0. The van der Waals surface area contributed by atoms with E-state index in [1.807, 2.05) is 38.1 Å². The van der Waals surface area contributed by atoms with Crippen LogP contribution in [0.15, 0.2) is 35.8 Å². The molecular weight excluding hydrogens is 226 g/mol. The fourth-order valence-electron chi connectivity index (χ4n) is 2.00. The highest BCUT2D eigenvalue weighted by Gasteiger charge is 2.30. The first-order valence-corrected chi connectivity index (χ1v) is 5.59. The van der Waals surface area contributed by atoms with E-state index in [2.05, 4.69) is 10.6 Å². The van der Waals surface area contributed by atoms with Crippen LogP contribution in [0.2, 0.25) is 0 Å². The maximum Gasteiger partial charge on any atom is 0.159 e. The number of hydrogen-bond acceptors (Lipinski definition) is 5. The molecule has 0 fully saturated rings. The van der Waals surface area contributed by atoms with Gasteiger partial charge in [0.15, 0.2) is 5.71 Å². The molecule has 0 saturated carbocycles. The smallest absolute Gasteiger partial charge is 0.159 e. The zero-order valence-corrected chi connectivity index (χ0v) is 10.3. The number of nitrogens with two attached hydrogens (primary N) is 1. The second-order valence-electron chi connectivity index (χ2n) is 4.70. The maximum absolute atomic E-state index is 8.72. The molecule has 0 spiro atoms. The molecule has 2 rings (SSSR count). The molecule has 18 heavy (non-hydrogen) atoms. The molecule has 0 bridgehead atoms. The Balaban J connectivity index is 2.51. The first kappa shape index (κ1) is 12.0. The number of benzene rings is 1. The number of rotatable bonds is 1. The van der Waals surface area contributed by atoms with E-state index in [0.29, 0.717) is 5.82 Å². The molecule has 0 aliphatic carbocycles. The lowest BCUT2D eigenvalue weighted by atomic mass is 9.90. The summed E-state index contributed by atoms with van der Waals surface area (Å²) in [4.78, 5) is 0. The number of nitrogens with zero attached hydrogens (tertiary/aromatic N) is 1. The standard InChI is InChI=1S/C13H15N5/c1-13(2)8-5-3-4-6-10(8)17-12(18-13)11(16)9(15)7-14/h3-6,15,17-18H,16H2,1-2H3/b12-11-,15-9?. The second-order valence-corrected chi connectivity index (χ2v) is 4.70. The number of hydrogen-bond donors (Lipinski definition) is 4. The topological polar surface area (TPSA) is 97.7 Å². The summed E-state index contributed by atoms with van der Waals surface area (Å²) in [5.74, 6) is 0.505. The number of para-hydroxylation sites is 1. The molecule has 1 heterocycles. The third kappa shape index (κ3) is 1.89. The van der Waals surface area contributed by atoms with Crippen molar-refractivity contribution in [1.29, 1.82) is 10.7 Å². The van der Waals surface area contributed by atoms with Crippen LogP contribution < -0.4 is 16.4 Å². The average molecular weight is 241 g/mol. The minimum Gasteiger partial charge on any atom is -0.393 e. The number of nitriles is 1. The normalized spacial score (nSPS) is 18.7. The molecule has 0 atom stereocenters. The van der Waals surface area contributed by atoms with Crippen LogP contribution in [0.5, 0.6) is 0 Å². The van der Waals surface area contributed by atoms with Gasteiger partial charge >= 0.3 is 0 Å². The second kappa shape index (κ2) is 4.08. The van der Waals surface area contributed by atoms with Crippen LogP contribution in [0.4, 0.5) is 5.69 Å². The molecule has 5 N–H and O–H groups in total. The Morgan fingerprint density at radius 1 is 1.39 bits per heavy atom. The van der Waals surface area contributed by atoms with E-state index in [4.69, 9.17) is 16.4 Å². The van der Waals surface area contributed by atoms with Gasteiger partial charge in [-0.05, 0) is 19.9 Å². The Kier molecular flexibility index (Phi) is 2.71. The molecule has 0 saturated heterocycles. The van der Waals surface area contributed by atoms with Crippen molar-refractivity contribution in [2.75, 3.05) is 5.32 Å². The van der Waals surface area contributed by atoms with Crippen LogP contribution >= 0.6 is 0 Å². The van der Waals surface area contributed by atoms with E-state index in [0.717, 1.165) is 11.3 Å². The molecule has 0 unspecified atom stereocenters. The minimum atomic E-state index is -0.308. The maximum atomic E-state index is 8.72. The number of nitrogens with one attached hydrogen (secondary N) is 3. The number of anilines is 1. The van der Waals surface area contributed by atoms with Gasteiger partial charge in [-0.25, -0.2) is 0 Å². The monoisotopic (exact) mass is 241 g/mol. The molecule has 1 aliphatic heterocycles. The lowest BCUT2D eigenvalue weighted by molar-refractivity contribution is 0.439. The van der Waals surface area contributed by atoms with Crippen molar-refractivity contribution in [3.05, 3.63) is 41.3 Å². The summed E-state index contributed by atoms with van der Waals surface area (Å²) in [6.45, 7) is 4.05. The molecular formula is C13H15N5. The van der Waals surface area contributed by atoms with Crippen molar-refractivity contribution in [3.8, 4) is 6.07 Å². The lowest BCUT2D eigenvalue weighted by Crippen LogP contribution is -2.44. The fraction of sp³-hybridized carbons (Fsp3) is 0.231. The molecule has 5 heteroatoms. The van der Waals surface area contributed by atoms with Crippen molar-refractivity contribution >= 4 is 11.4 Å². The van der Waals surface area contributed by atoms with E-state index in [-0.39, 0.29) is 16.9 Å². The van der Waals surface area contributed by atoms with Crippen LogP contribution in [-0.2, 0) is 5.54 Å². The summed E-state index contributed by atoms with van der Waals surface area (Å²) in [5.41, 5.74) is 7.41. The summed E-state index contributed by atoms with van der Waals surface area (Å²) < 4.78 is 0. The molecule has 5 nitrogen and oxygen atoms in total. The van der Waals surface area contributed by atoms with Crippen molar-refractivity contribution in [1.82, 2.24) is 5.32 Å². The van der Waals surface area contributed by atoms with Gasteiger partial charge in [-0.2, -0.15) is 5.26 Å². The predicted octanol–water partition coefficient (Wildman–Crippen LogP) is 1.61. The van der Waals surface area contributed by atoms with Crippen LogP contribution in [-0.4, -0.2) is 5.71 Å². The summed E-state index contributed by atoms with van der Waals surface area (Å²) in [5, 5.41) is 22.5. The average Bonchev–Trinajstić information content (AvgIpc) is 2.36. The molecule has 0 radical (unpaired) electrons. The SMILES string of the molecule is CC1(C)N/C(=C(\N)C(=N)C#N)Nc2ccccc21. The van der Waals surface area contributed by atoms with Gasteiger partial charge in [-0.3, -0.25) is 5.41 Å². The highest BCUT2D eigenvalue weighted by Crippen LogP contribution is 2.33. The molecule has 0 amide bonds. The van der Waals surface area contributed by atoms with Gasteiger partial charge in [0.2, 0.25) is 0 Å². The number of fused-ring (bicyclic) bond motifs is 1. The van der Waals surface area contributed by atoms with E-state index >= 15 is 0 Å². The van der Waals surface area contributed by atoms with Crippen LogP contribution in [0, 0.1) is 16.7 Å². The Morgan fingerprint density at radius 2 is 2.06 bits per heavy atom. The Labute approximate surface area is 106 Å². The van der Waals surface area contributed by atoms with E-state index < -0.39 is 0 Å². The minimum absolute atomic E-state index is 0.125. The largest absolute Gasteiger partial charge is 0.393 e. The zero-order chi connectivity index (χ0) is 13.3. The van der Waals surface area contributed by atoms with Crippen molar-refractivity contribution < 1.29 is 0 Å². The molecule has 1 aromatic carbocycles. The Hall–Kier alpha value is -2.48. The molecule has 1 aromatic rings. The van der Waals surface area contributed by atoms with Crippen LogP contribution in [0.3, 0.4) is 0 Å². The zero-order valence-electron chi connectivity index (χ0n) is 10.3. The lowest BCUT2D eigenvalue weighted by Gasteiger charge is -2.37. The Morgan fingerprint density at radius 3 is 2.72 bits per heavy atom. The highest BCUT2D eigenvalue weighted by molar-refractivity contribution is 6.09. The van der Waals surface area contributed by atoms with E-state index in [9.17, 15) is 0 Å². The van der Waals surface area contributed by atoms with Crippen molar-refractivity contribution in [2.45, 2.75) is 19.4 Å². The molecule has 0 aromatic heterocycles. The summed E-state index contributed by atoms with van der Waals surface area (Å²) in [6.07, 6.45) is 0. The van der Waals surface area contributed by atoms with E-state index in [1.165, 1.54) is 0 Å². The van der Waals surface area contributed by atoms with Gasteiger partial charge in [-0.1, -0.05) is 18.2 Å². The highest BCUT2D eigenvalue weighted by atomic mass is 15.2. The van der Waals surface area contributed by atoms with Gasteiger partial charge in [0, 0.05) is 11.3 Å². The summed E-state index contributed by atoms with van der Waals surface area (Å²) >= 11 is 0. The first-order chi connectivity index (χ1) is 8.45. The van der Waals surface area contributed by atoms with Crippen molar-refractivity contribution in [2.24, 2.45) is 5.73 Å². The first-order valence-electron chi connectivity index (χ1n) is 5.59. The third-order valence-corrected chi connectivity index (χ3v) is 2.95. The Bertz CT molecular complexity index is 577.